The molecule has 1 aromatic carbocycles. The third-order valence-electron chi connectivity index (χ3n) is 2.62. The van der Waals surface area contributed by atoms with Crippen molar-refractivity contribution in [2.45, 2.75) is 19.5 Å². The number of aromatic amines is 1. The molecule has 18 heavy (non-hydrogen) atoms. The number of thiazole rings is 1. The van der Waals surface area contributed by atoms with Crippen molar-refractivity contribution in [3.05, 3.63) is 56.1 Å². The lowest BCUT2D eigenvalue weighted by Crippen LogP contribution is -2.20. The number of aromatic nitrogens is 1. The summed E-state index contributed by atoms with van der Waals surface area (Å²) in [5.41, 5.74) is 1.00. The van der Waals surface area contributed by atoms with Crippen LogP contribution >= 0.6 is 11.3 Å². The first kappa shape index (κ1) is 12.9. The predicted octanol–water partition coefficient (Wildman–Crippen LogP) is 2.57. The van der Waals surface area contributed by atoms with Crippen molar-refractivity contribution in [1.82, 2.24) is 10.3 Å². The van der Waals surface area contributed by atoms with Gasteiger partial charge in [0.25, 0.3) is 0 Å². The monoisotopic (exact) mass is 270 g/mol. The fraction of sp³-hybridized carbons (Fsp3) is 0.250. The average molecular weight is 270 g/mol. The maximum atomic E-state index is 13.5. The highest BCUT2D eigenvalue weighted by molar-refractivity contribution is 7.07. The van der Waals surface area contributed by atoms with E-state index in [9.17, 15) is 13.6 Å². The Hall–Kier alpha value is -1.53. The van der Waals surface area contributed by atoms with Crippen LogP contribution in [-0.4, -0.2) is 4.98 Å². The summed E-state index contributed by atoms with van der Waals surface area (Å²) >= 11 is 1.07. The van der Waals surface area contributed by atoms with E-state index in [0.717, 1.165) is 23.1 Å². The molecule has 0 saturated heterocycles. The third kappa shape index (κ3) is 2.83. The number of nitrogens with one attached hydrogen (secondary N) is 2. The third-order valence-corrected chi connectivity index (χ3v) is 3.34. The van der Waals surface area contributed by atoms with Crippen molar-refractivity contribution >= 4 is 11.3 Å². The fourth-order valence-corrected chi connectivity index (χ4v) is 2.21. The normalized spacial score (nSPS) is 12.6. The second-order valence-corrected chi connectivity index (χ2v) is 4.76. The standard InChI is InChI=1S/C12H12F2N2OS/c1-7(9-3-2-4-10(13)11(9)14)15-5-8-6-18-12(17)16-8/h2-4,6-7,15H,5H2,1H3,(H,16,17). The molecule has 1 atom stereocenters. The minimum absolute atomic E-state index is 0.128. The average Bonchev–Trinajstić information content (AvgIpc) is 2.76. The lowest BCUT2D eigenvalue weighted by Gasteiger charge is -2.14. The van der Waals surface area contributed by atoms with Crippen molar-refractivity contribution in [1.29, 1.82) is 0 Å². The second-order valence-electron chi connectivity index (χ2n) is 3.92. The molecule has 1 unspecified atom stereocenters. The SMILES string of the molecule is CC(NCc1csc(=O)[nH]1)c1cccc(F)c1F. The molecule has 1 aromatic heterocycles. The number of rotatable bonds is 4. The van der Waals surface area contributed by atoms with Crippen LogP contribution in [0.1, 0.15) is 24.2 Å². The number of benzene rings is 1. The molecule has 0 fully saturated rings. The van der Waals surface area contributed by atoms with E-state index < -0.39 is 11.6 Å². The molecular weight excluding hydrogens is 258 g/mol. The van der Waals surface area contributed by atoms with E-state index in [1.54, 1.807) is 12.3 Å². The van der Waals surface area contributed by atoms with Crippen molar-refractivity contribution in [2.24, 2.45) is 0 Å². The topological polar surface area (TPSA) is 44.9 Å². The van der Waals surface area contributed by atoms with Crippen LogP contribution in [0.4, 0.5) is 8.78 Å². The van der Waals surface area contributed by atoms with Crippen molar-refractivity contribution < 1.29 is 8.78 Å². The first-order valence-electron chi connectivity index (χ1n) is 5.42. The van der Waals surface area contributed by atoms with E-state index in [4.69, 9.17) is 0 Å². The first-order valence-corrected chi connectivity index (χ1v) is 6.30. The maximum Gasteiger partial charge on any atom is 0.304 e. The molecular formula is C12H12F2N2OS. The molecule has 0 bridgehead atoms. The number of hydrogen-bond acceptors (Lipinski definition) is 3. The van der Waals surface area contributed by atoms with Gasteiger partial charge in [0.05, 0.1) is 0 Å². The van der Waals surface area contributed by atoms with Crippen LogP contribution in [0.15, 0.2) is 28.4 Å². The highest BCUT2D eigenvalue weighted by Crippen LogP contribution is 2.19. The quantitative estimate of drug-likeness (QED) is 0.897. The molecule has 6 heteroatoms. The molecule has 0 saturated carbocycles. The van der Waals surface area contributed by atoms with Crippen LogP contribution in [0, 0.1) is 11.6 Å². The Kier molecular flexibility index (Phi) is 3.88. The number of hydrogen-bond donors (Lipinski definition) is 2. The largest absolute Gasteiger partial charge is 0.315 e. The van der Waals surface area contributed by atoms with Gasteiger partial charge in [-0.3, -0.25) is 4.79 Å². The van der Waals surface area contributed by atoms with Crippen LogP contribution in [0.3, 0.4) is 0 Å². The summed E-state index contributed by atoms with van der Waals surface area (Å²) in [7, 11) is 0. The summed E-state index contributed by atoms with van der Waals surface area (Å²) in [6.45, 7) is 2.14. The first-order chi connectivity index (χ1) is 8.58. The molecule has 0 radical (unpaired) electrons. The molecule has 0 aliphatic heterocycles. The predicted molar refractivity (Wildman–Crippen MR) is 66.6 cm³/mol. The smallest absolute Gasteiger partial charge is 0.304 e. The van der Waals surface area contributed by atoms with Gasteiger partial charge in [0.15, 0.2) is 11.6 Å². The Labute approximate surface area is 106 Å². The Balaban J connectivity index is 2.05. The van der Waals surface area contributed by atoms with Crippen molar-refractivity contribution in [3.63, 3.8) is 0 Å². The van der Waals surface area contributed by atoms with Crippen LogP contribution in [0.5, 0.6) is 0 Å². The van der Waals surface area contributed by atoms with Gasteiger partial charge in [-0.15, -0.1) is 0 Å². The molecule has 1 heterocycles. The van der Waals surface area contributed by atoms with Crippen LogP contribution in [-0.2, 0) is 6.54 Å². The molecule has 0 aliphatic carbocycles. The van der Waals surface area contributed by atoms with Crippen LogP contribution in [0.2, 0.25) is 0 Å². The molecule has 2 aromatic rings. The van der Waals surface area contributed by atoms with E-state index >= 15 is 0 Å². The molecule has 3 nitrogen and oxygen atoms in total. The van der Waals surface area contributed by atoms with Gasteiger partial charge >= 0.3 is 4.87 Å². The zero-order chi connectivity index (χ0) is 13.1. The maximum absolute atomic E-state index is 13.5. The Morgan fingerprint density at radius 3 is 2.89 bits per heavy atom. The lowest BCUT2D eigenvalue weighted by molar-refractivity contribution is 0.471. The van der Waals surface area contributed by atoms with Gasteiger partial charge in [-0.2, -0.15) is 0 Å². The van der Waals surface area contributed by atoms with E-state index in [1.165, 1.54) is 12.1 Å². The van der Waals surface area contributed by atoms with Crippen LogP contribution in [0.25, 0.3) is 0 Å². The van der Waals surface area contributed by atoms with E-state index in [-0.39, 0.29) is 16.5 Å². The molecule has 0 amide bonds. The molecule has 0 aliphatic rings. The highest BCUT2D eigenvalue weighted by atomic mass is 32.1. The minimum atomic E-state index is -0.856. The summed E-state index contributed by atoms with van der Waals surface area (Å²) in [5.74, 6) is -1.69. The van der Waals surface area contributed by atoms with Gasteiger partial charge in [0.1, 0.15) is 0 Å². The van der Waals surface area contributed by atoms with Crippen molar-refractivity contribution in [3.8, 4) is 0 Å². The van der Waals surface area contributed by atoms with E-state index in [2.05, 4.69) is 10.3 Å². The van der Waals surface area contributed by atoms with Gasteiger partial charge in [0, 0.05) is 29.2 Å². The lowest BCUT2D eigenvalue weighted by atomic mass is 10.1. The number of halogens is 2. The summed E-state index contributed by atoms with van der Waals surface area (Å²) in [6, 6.07) is 3.75. The molecule has 96 valence electrons. The molecule has 2 rings (SSSR count). The zero-order valence-corrected chi connectivity index (χ0v) is 10.5. The fourth-order valence-electron chi connectivity index (χ4n) is 1.63. The minimum Gasteiger partial charge on any atom is -0.315 e. The van der Waals surface area contributed by atoms with E-state index in [0.29, 0.717) is 6.54 Å². The Bertz CT molecular complexity index is 594. The van der Waals surface area contributed by atoms with Crippen molar-refractivity contribution in [2.75, 3.05) is 0 Å². The zero-order valence-electron chi connectivity index (χ0n) is 9.67. The van der Waals surface area contributed by atoms with Gasteiger partial charge in [-0.05, 0) is 13.0 Å². The summed E-state index contributed by atoms with van der Waals surface area (Å²) < 4.78 is 26.6. The summed E-state index contributed by atoms with van der Waals surface area (Å²) in [5, 5.41) is 4.72. The van der Waals surface area contributed by atoms with Gasteiger partial charge in [0.2, 0.25) is 0 Å². The summed E-state index contributed by atoms with van der Waals surface area (Å²) in [6.07, 6.45) is 0. The Morgan fingerprint density at radius 2 is 2.22 bits per heavy atom. The molecule has 0 spiro atoms. The van der Waals surface area contributed by atoms with Crippen LogP contribution < -0.4 is 10.2 Å². The second kappa shape index (κ2) is 5.41. The van der Waals surface area contributed by atoms with Gasteiger partial charge < -0.3 is 10.3 Å². The number of H-pyrrole nitrogens is 1. The summed E-state index contributed by atoms with van der Waals surface area (Å²) in [4.78, 5) is 13.4. The van der Waals surface area contributed by atoms with E-state index in [1.807, 2.05) is 0 Å². The highest BCUT2D eigenvalue weighted by Gasteiger charge is 2.13. The Morgan fingerprint density at radius 1 is 1.44 bits per heavy atom. The molecule has 2 N–H and O–H groups in total. The van der Waals surface area contributed by atoms with Gasteiger partial charge in [-0.25, -0.2) is 8.78 Å². The van der Waals surface area contributed by atoms with Gasteiger partial charge in [-0.1, -0.05) is 23.5 Å².